The lowest BCUT2D eigenvalue weighted by Gasteiger charge is -2.29. The zero-order valence-electron chi connectivity index (χ0n) is 13.6. The Hall–Kier alpha value is -1.78. The maximum atomic E-state index is 5.72. The SMILES string of the molecule is NCCCC(Cc1ccccn1)NC1CCCc2cccnc21. The van der Waals surface area contributed by atoms with Gasteiger partial charge in [0.1, 0.15) is 0 Å². The van der Waals surface area contributed by atoms with Gasteiger partial charge >= 0.3 is 0 Å². The topological polar surface area (TPSA) is 63.8 Å². The summed E-state index contributed by atoms with van der Waals surface area (Å²) in [6.45, 7) is 0.736. The minimum absolute atomic E-state index is 0.353. The second-order valence-corrected chi connectivity index (χ2v) is 6.31. The summed E-state index contributed by atoms with van der Waals surface area (Å²) in [6, 6.07) is 11.1. The van der Waals surface area contributed by atoms with Gasteiger partial charge in [-0.2, -0.15) is 0 Å². The summed E-state index contributed by atoms with van der Waals surface area (Å²) in [5, 5.41) is 3.84. The first-order valence-electron chi connectivity index (χ1n) is 8.66. The van der Waals surface area contributed by atoms with E-state index in [0.29, 0.717) is 12.1 Å². The van der Waals surface area contributed by atoms with Gasteiger partial charge in [-0.05, 0) is 62.4 Å². The van der Waals surface area contributed by atoms with Crippen LogP contribution in [0.15, 0.2) is 42.7 Å². The second kappa shape index (κ2) is 8.18. The van der Waals surface area contributed by atoms with Crippen molar-refractivity contribution in [3.05, 3.63) is 59.7 Å². The molecule has 0 bridgehead atoms. The van der Waals surface area contributed by atoms with Gasteiger partial charge in [0.15, 0.2) is 0 Å². The third-order valence-corrected chi connectivity index (χ3v) is 4.57. The zero-order chi connectivity index (χ0) is 15.9. The van der Waals surface area contributed by atoms with E-state index in [1.165, 1.54) is 17.7 Å². The third-order valence-electron chi connectivity index (χ3n) is 4.57. The Labute approximate surface area is 138 Å². The molecule has 3 N–H and O–H groups in total. The van der Waals surface area contributed by atoms with Gasteiger partial charge in [-0.3, -0.25) is 9.97 Å². The highest BCUT2D eigenvalue weighted by Gasteiger charge is 2.23. The normalized spacial score (nSPS) is 18.4. The lowest BCUT2D eigenvalue weighted by molar-refractivity contribution is 0.365. The van der Waals surface area contributed by atoms with Crippen LogP contribution in [0.4, 0.5) is 0 Å². The number of hydrogen-bond acceptors (Lipinski definition) is 4. The van der Waals surface area contributed by atoms with E-state index in [0.717, 1.165) is 44.3 Å². The molecule has 0 aromatic carbocycles. The molecule has 0 saturated heterocycles. The van der Waals surface area contributed by atoms with Crippen molar-refractivity contribution in [3.63, 3.8) is 0 Å². The highest BCUT2D eigenvalue weighted by molar-refractivity contribution is 5.25. The molecule has 0 saturated carbocycles. The Morgan fingerprint density at radius 2 is 2.09 bits per heavy atom. The number of rotatable bonds is 7. The molecule has 122 valence electrons. The summed E-state index contributed by atoms with van der Waals surface area (Å²) in [5.74, 6) is 0. The zero-order valence-corrected chi connectivity index (χ0v) is 13.6. The van der Waals surface area contributed by atoms with Crippen molar-refractivity contribution in [3.8, 4) is 0 Å². The Kier molecular flexibility index (Phi) is 5.72. The van der Waals surface area contributed by atoms with Gasteiger partial charge in [-0.25, -0.2) is 0 Å². The molecule has 1 aliphatic carbocycles. The number of nitrogens with two attached hydrogens (primary N) is 1. The van der Waals surface area contributed by atoms with Crippen molar-refractivity contribution < 1.29 is 0 Å². The summed E-state index contributed by atoms with van der Waals surface area (Å²) in [5.41, 5.74) is 9.49. The Bertz CT molecular complexity index is 599. The predicted octanol–water partition coefficient (Wildman–Crippen LogP) is 2.79. The van der Waals surface area contributed by atoms with Crippen molar-refractivity contribution in [1.29, 1.82) is 0 Å². The second-order valence-electron chi connectivity index (χ2n) is 6.31. The summed E-state index contributed by atoms with van der Waals surface area (Å²) in [6.07, 6.45) is 10.4. The average Bonchev–Trinajstić information content (AvgIpc) is 2.61. The maximum absolute atomic E-state index is 5.72. The Balaban J connectivity index is 1.71. The number of nitrogens with zero attached hydrogens (tertiary/aromatic N) is 2. The third kappa shape index (κ3) is 4.36. The van der Waals surface area contributed by atoms with Gasteiger partial charge in [-0.15, -0.1) is 0 Å². The number of fused-ring (bicyclic) bond motifs is 1. The molecule has 23 heavy (non-hydrogen) atoms. The van der Waals surface area contributed by atoms with Crippen LogP contribution in [0.25, 0.3) is 0 Å². The van der Waals surface area contributed by atoms with Gasteiger partial charge < -0.3 is 11.1 Å². The number of aromatic nitrogens is 2. The van der Waals surface area contributed by atoms with Crippen molar-refractivity contribution in [2.24, 2.45) is 5.73 Å². The number of aryl methyl sites for hydroxylation is 1. The molecular weight excluding hydrogens is 284 g/mol. The first-order chi connectivity index (χ1) is 11.4. The molecule has 0 radical (unpaired) electrons. The molecule has 1 aliphatic rings. The fourth-order valence-corrected chi connectivity index (χ4v) is 3.44. The van der Waals surface area contributed by atoms with E-state index in [1.807, 2.05) is 24.5 Å². The largest absolute Gasteiger partial charge is 0.330 e. The van der Waals surface area contributed by atoms with Crippen molar-refractivity contribution in [2.45, 2.75) is 50.6 Å². The lowest BCUT2D eigenvalue weighted by Crippen LogP contribution is -2.37. The number of nitrogens with one attached hydrogen (secondary N) is 1. The maximum Gasteiger partial charge on any atom is 0.0605 e. The summed E-state index contributed by atoms with van der Waals surface area (Å²) in [4.78, 5) is 9.12. The van der Waals surface area contributed by atoms with Crippen LogP contribution in [0.5, 0.6) is 0 Å². The summed E-state index contributed by atoms with van der Waals surface area (Å²) in [7, 11) is 0. The minimum Gasteiger partial charge on any atom is -0.330 e. The highest BCUT2D eigenvalue weighted by Crippen LogP contribution is 2.28. The number of pyridine rings is 2. The fourth-order valence-electron chi connectivity index (χ4n) is 3.44. The molecule has 4 nitrogen and oxygen atoms in total. The van der Waals surface area contributed by atoms with Gasteiger partial charge in [0.05, 0.1) is 5.69 Å². The quantitative estimate of drug-likeness (QED) is 0.825. The molecule has 2 heterocycles. The van der Waals surface area contributed by atoms with E-state index in [2.05, 4.69) is 33.5 Å². The molecule has 0 aliphatic heterocycles. The van der Waals surface area contributed by atoms with E-state index in [-0.39, 0.29) is 0 Å². The van der Waals surface area contributed by atoms with Crippen LogP contribution in [-0.4, -0.2) is 22.6 Å². The molecule has 4 heteroatoms. The molecule has 3 rings (SSSR count). The molecular formula is C19H26N4. The van der Waals surface area contributed by atoms with Gasteiger partial charge in [0.25, 0.3) is 0 Å². The molecule has 0 fully saturated rings. The first kappa shape index (κ1) is 16.1. The molecule has 2 unspecified atom stereocenters. The fraction of sp³-hybridized carbons (Fsp3) is 0.474. The predicted molar refractivity (Wildman–Crippen MR) is 93.1 cm³/mol. The van der Waals surface area contributed by atoms with E-state index in [4.69, 9.17) is 5.73 Å². The van der Waals surface area contributed by atoms with Crippen molar-refractivity contribution in [1.82, 2.24) is 15.3 Å². The van der Waals surface area contributed by atoms with Gasteiger partial charge in [-0.1, -0.05) is 12.1 Å². The van der Waals surface area contributed by atoms with Gasteiger partial charge in [0.2, 0.25) is 0 Å². The summed E-state index contributed by atoms with van der Waals surface area (Å²) >= 11 is 0. The van der Waals surface area contributed by atoms with Crippen molar-refractivity contribution in [2.75, 3.05) is 6.54 Å². The number of hydrogen-bond donors (Lipinski definition) is 2. The van der Waals surface area contributed by atoms with E-state index >= 15 is 0 Å². The van der Waals surface area contributed by atoms with Crippen LogP contribution < -0.4 is 11.1 Å². The molecule has 0 amide bonds. The first-order valence-corrected chi connectivity index (χ1v) is 8.66. The van der Waals surface area contributed by atoms with Crippen molar-refractivity contribution >= 4 is 0 Å². The molecule has 2 aromatic heterocycles. The highest BCUT2D eigenvalue weighted by atomic mass is 15.0. The lowest BCUT2D eigenvalue weighted by atomic mass is 9.90. The van der Waals surface area contributed by atoms with Gasteiger partial charge in [0, 0.05) is 36.6 Å². The van der Waals surface area contributed by atoms with Crippen LogP contribution in [0.2, 0.25) is 0 Å². The van der Waals surface area contributed by atoms with E-state index in [1.54, 1.807) is 0 Å². The van der Waals surface area contributed by atoms with Crippen LogP contribution in [-0.2, 0) is 12.8 Å². The molecule has 0 spiro atoms. The van der Waals surface area contributed by atoms with E-state index < -0.39 is 0 Å². The van der Waals surface area contributed by atoms with Crippen LogP contribution in [0, 0.1) is 0 Å². The molecule has 2 atom stereocenters. The molecule has 2 aromatic rings. The van der Waals surface area contributed by atoms with Crippen LogP contribution in [0.3, 0.4) is 0 Å². The van der Waals surface area contributed by atoms with E-state index in [9.17, 15) is 0 Å². The Morgan fingerprint density at radius 1 is 1.17 bits per heavy atom. The standard InChI is InChI=1S/C19H26N4/c20-11-4-9-17(14-16-8-1-2-12-21-16)23-18-10-3-6-15-7-5-13-22-19(15)18/h1-2,5,7-8,12-13,17-18,23H,3-4,6,9-11,14,20H2. The van der Waals surface area contributed by atoms with Crippen LogP contribution >= 0.6 is 0 Å². The average molecular weight is 310 g/mol. The van der Waals surface area contributed by atoms with Crippen LogP contribution in [0.1, 0.15) is 48.7 Å². The monoisotopic (exact) mass is 310 g/mol. The minimum atomic E-state index is 0.353. The Morgan fingerprint density at radius 3 is 2.91 bits per heavy atom. The smallest absolute Gasteiger partial charge is 0.0605 e. The summed E-state index contributed by atoms with van der Waals surface area (Å²) < 4.78 is 0.